The number of rotatable bonds is 2. The van der Waals surface area contributed by atoms with Crippen molar-refractivity contribution in [2.75, 3.05) is 0 Å². The van der Waals surface area contributed by atoms with Crippen LogP contribution in [0.15, 0.2) is 25.3 Å². The van der Waals surface area contributed by atoms with Crippen molar-refractivity contribution in [3.8, 4) is 0 Å². The van der Waals surface area contributed by atoms with Gasteiger partial charge in [-0.25, -0.2) is 0 Å². The summed E-state index contributed by atoms with van der Waals surface area (Å²) in [5, 5.41) is 0. The molecule has 1 aromatic rings. The van der Waals surface area contributed by atoms with Gasteiger partial charge in [0.15, 0.2) is 5.78 Å². The summed E-state index contributed by atoms with van der Waals surface area (Å²) in [6, 6.07) is 1.90. The van der Waals surface area contributed by atoms with Gasteiger partial charge in [0.1, 0.15) is 0 Å². The fourth-order valence-corrected chi connectivity index (χ4v) is 4.51. The fourth-order valence-electron chi connectivity index (χ4n) is 1.71. The Labute approximate surface area is 110 Å². The van der Waals surface area contributed by atoms with E-state index in [0.29, 0.717) is 0 Å². The lowest BCUT2D eigenvalue weighted by atomic mass is 9.94. The predicted octanol–water partition coefficient (Wildman–Crippen LogP) is 4.96. The number of ketones is 1. The average molecular weight is 350 g/mol. The maximum atomic E-state index is 12.1. The lowest BCUT2D eigenvalue weighted by Crippen LogP contribution is -2.05. The first-order chi connectivity index (χ1) is 7.18. The second-order valence-corrected chi connectivity index (χ2v) is 7.29. The molecule has 0 N–H and O–H groups in total. The van der Waals surface area contributed by atoms with E-state index in [9.17, 15) is 4.79 Å². The highest BCUT2D eigenvalue weighted by molar-refractivity contribution is 9.12. The van der Waals surface area contributed by atoms with Crippen LogP contribution in [0.4, 0.5) is 0 Å². The van der Waals surface area contributed by atoms with Gasteiger partial charge in [-0.15, -0.1) is 11.3 Å². The van der Waals surface area contributed by atoms with Gasteiger partial charge in [0.05, 0.1) is 7.57 Å². The minimum Gasteiger partial charge on any atom is -0.289 e. The molecule has 1 nitrogen and oxygen atoms in total. The Morgan fingerprint density at radius 1 is 1.33 bits per heavy atom. The molecule has 0 atom stereocenters. The van der Waals surface area contributed by atoms with Crippen molar-refractivity contribution < 1.29 is 4.79 Å². The van der Waals surface area contributed by atoms with Crippen molar-refractivity contribution >= 4 is 49.0 Å². The van der Waals surface area contributed by atoms with Crippen LogP contribution in [0.25, 0.3) is 0 Å². The maximum absolute atomic E-state index is 12.1. The molecule has 0 spiro atoms. The zero-order chi connectivity index (χ0) is 10.8. The molecular formula is C11H10Br2OS. The second-order valence-electron chi connectivity index (χ2n) is 3.54. The van der Waals surface area contributed by atoms with Crippen LogP contribution in [0.3, 0.4) is 0 Å². The highest BCUT2D eigenvalue weighted by Crippen LogP contribution is 2.34. The zero-order valence-corrected chi connectivity index (χ0v) is 12.0. The van der Waals surface area contributed by atoms with Crippen LogP contribution in [-0.4, -0.2) is 5.78 Å². The van der Waals surface area contributed by atoms with E-state index in [4.69, 9.17) is 0 Å². The lowest BCUT2D eigenvalue weighted by molar-refractivity contribution is 0.102. The standard InChI is InChI=1S/C11H10Br2OS/c12-9-6-8(11(13)15-9)10(14)7-4-2-1-3-5-7/h4,6H,1-3,5H2. The largest absolute Gasteiger partial charge is 0.289 e. The molecule has 0 aromatic carbocycles. The molecule has 0 fully saturated rings. The third-order valence-electron chi connectivity index (χ3n) is 2.48. The molecule has 1 aliphatic carbocycles. The lowest BCUT2D eigenvalue weighted by Gasteiger charge is -2.10. The molecule has 0 unspecified atom stereocenters. The molecule has 1 aliphatic rings. The zero-order valence-electron chi connectivity index (χ0n) is 8.06. The SMILES string of the molecule is O=C(C1=CCCCC1)c1cc(Br)sc1Br. The van der Waals surface area contributed by atoms with Gasteiger partial charge >= 0.3 is 0 Å². The van der Waals surface area contributed by atoms with Crippen LogP contribution in [-0.2, 0) is 0 Å². The summed E-state index contributed by atoms with van der Waals surface area (Å²) in [6.07, 6.45) is 6.42. The van der Waals surface area contributed by atoms with E-state index in [2.05, 4.69) is 37.9 Å². The van der Waals surface area contributed by atoms with Crippen LogP contribution in [0.1, 0.15) is 36.0 Å². The van der Waals surface area contributed by atoms with E-state index in [-0.39, 0.29) is 5.78 Å². The predicted molar refractivity (Wildman–Crippen MR) is 70.6 cm³/mol. The van der Waals surface area contributed by atoms with Gasteiger partial charge in [0.2, 0.25) is 0 Å². The number of Topliss-reactive ketones (excluding diaryl/α,β-unsaturated/α-hetero) is 1. The van der Waals surface area contributed by atoms with Gasteiger partial charge in [-0.1, -0.05) is 6.08 Å². The maximum Gasteiger partial charge on any atom is 0.190 e. The van der Waals surface area contributed by atoms with Gasteiger partial charge in [0.25, 0.3) is 0 Å². The quantitative estimate of drug-likeness (QED) is 0.690. The molecular weight excluding hydrogens is 340 g/mol. The molecule has 4 heteroatoms. The Morgan fingerprint density at radius 3 is 2.67 bits per heavy atom. The summed E-state index contributed by atoms with van der Waals surface area (Å²) in [6.45, 7) is 0. The first kappa shape index (κ1) is 11.6. The minimum absolute atomic E-state index is 0.184. The number of thiophene rings is 1. The van der Waals surface area contributed by atoms with E-state index in [1.165, 1.54) is 6.42 Å². The third-order valence-corrected chi connectivity index (χ3v) is 4.82. The molecule has 2 rings (SSSR count). The average Bonchev–Trinajstić information content (AvgIpc) is 2.58. The van der Waals surface area contributed by atoms with Crippen molar-refractivity contribution in [3.63, 3.8) is 0 Å². The summed E-state index contributed by atoms with van der Waals surface area (Å²) in [5.74, 6) is 0.184. The van der Waals surface area contributed by atoms with Crippen molar-refractivity contribution in [2.24, 2.45) is 0 Å². The highest BCUT2D eigenvalue weighted by Gasteiger charge is 2.18. The van der Waals surface area contributed by atoms with Crippen LogP contribution < -0.4 is 0 Å². The Kier molecular flexibility index (Phi) is 3.80. The summed E-state index contributed by atoms with van der Waals surface area (Å²) in [5.41, 5.74) is 1.77. The minimum atomic E-state index is 0.184. The Morgan fingerprint density at radius 2 is 2.13 bits per heavy atom. The van der Waals surface area contributed by atoms with E-state index < -0.39 is 0 Å². The normalized spacial score (nSPS) is 16.3. The molecule has 1 aromatic heterocycles. The molecule has 0 aliphatic heterocycles. The fraction of sp³-hybridized carbons (Fsp3) is 0.364. The number of hydrogen-bond donors (Lipinski definition) is 0. The number of halogens is 2. The summed E-state index contributed by atoms with van der Waals surface area (Å²) in [7, 11) is 0. The Balaban J connectivity index is 2.27. The van der Waals surface area contributed by atoms with Crippen molar-refractivity contribution in [3.05, 3.63) is 30.9 Å². The van der Waals surface area contributed by atoms with E-state index >= 15 is 0 Å². The van der Waals surface area contributed by atoms with Crippen LogP contribution in [0, 0.1) is 0 Å². The molecule has 80 valence electrons. The van der Waals surface area contributed by atoms with E-state index in [1.807, 2.05) is 6.07 Å². The first-order valence-corrected chi connectivity index (χ1v) is 7.27. The van der Waals surface area contributed by atoms with Crippen molar-refractivity contribution in [1.82, 2.24) is 0 Å². The molecule has 0 bridgehead atoms. The second kappa shape index (κ2) is 4.93. The third kappa shape index (κ3) is 2.60. The van der Waals surface area contributed by atoms with Crippen LogP contribution in [0.5, 0.6) is 0 Å². The van der Waals surface area contributed by atoms with Crippen LogP contribution >= 0.6 is 43.2 Å². The van der Waals surface area contributed by atoms with E-state index in [1.54, 1.807) is 11.3 Å². The van der Waals surface area contributed by atoms with Crippen LogP contribution in [0.2, 0.25) is 0 Å². The van der Waals surface area contributed by atoms with E-state index in [0.717, 1.165) is 38.0 Å². The van der Waals surface area contributed by atoms with Gasteiger partial charge in [-0.3, -0.25) is 4.79 Å². The summed E-state index contributed by atoms with van der Waals surface area (Å²) in [4.78, 5) is 12.1. The molecule has 0 saturated heterocycles. The number of hydrogen-bond acceptors (Lipinski definition) is 2. The topological polar surface area (TPSA) is 17.1 Å². The van der Waals surface area contributed by atoms with Gasteiger partial charge < -0.3 is 0 Å². The molecule has 0 amide bonds. The Bertz CT molecular complexity index is 420. The number of carbonyl (C=O) groups is 1. The molecule has 15 heavy (non-hydrogen) atoms. The van der Waals surface area contributed by atoms with Gasteiger partial charge in [-0.2, -0.15) is 0 Å². The molecule has 0 saturated carbocycles. The Hall–Kier alpha value is 0.0700. The smallest absolute Gasteiger partial charge is 0.190 e. The van der Waals surface area contributed by atoms with Crippen molar-refractivity contribution in [2.45, 2.75) is 25.7 Å². The van der Waals surface area contributed by atoms with Crippen molar-refractivity contribution in [1.29, 1.82) is 0 Å². The molecule has 1 heterocycles. The highest BCUT2D eigenvalue weighted by atomic mass is 79.9. The summed E-state index contributed by atoms with van der Waals surface area (Å²) < 4.78 is 1.92. The first-order valence-electron chi connectivity index (χ1n) is 4.87. The van der Waals surface area contributed by atoms with Gasteiger partial charge in [-0.05, 0) is 69.2 Å². The molecule has 0 radical (unpaired) electrons. The van der Waals surface area contributed by atoms with Gasteiger partial charge in [0, 0.05) is 5.56 Å². The number of allylic oxidation sites excluding steroid dienone is 2. The summed E-state index contributed by atoms with van der Waals surface area (Å²) >= 11 is 8.36. The monoisotopic (exact) mass is 348 g/mol. The number of carbonyl (C=O) groups excluding carboxylic acids is 1.